The third-order valence-corrected chi connectivity index (χ3v) is 2.69. The maximum Gasteiger partial charge on any atom is 0.416 e. The van der Waals surface area contributed by atoms with Crippen LogP contribution in [0.3, 0.4) is 0 Å². The highest BCUT2D eigenvalue weighted by Crippen LogP contribution is 2.30. The van der Waals surface area contributed by atoms with E-state index < -0.39 is 22.8 Å². The van der Waals surface area contributed by atoms with Gasteiger partial charge in [-0.15, -0.1) is 0 Å². The van der Waals surface area contributed by atoms with E-state index in [9.17, 15) is 18.0 Å². The van der Waals surface area contributed by atoms with Gasteiger partial charge in [-0.1, -0.05) is 0 Å². The first-order valence-corrected chi connectivity index (χ1v) is 5.67. The average molecular weight is 272 g/mol. The molecule has 1 aromatic heterocycles. The molecule has 0 amide bonds. The first-order chi connectivity index (χ1) is 8.59. The first-order valence-electron chi connectivity index (χ1n) is 5.67. The van der Waals surface area contributed by atoms with Gasteiger partial charge in [0.1, 0.15) is 5.39 Å². The van der Waals surface area contributed by atoms with Crippen molar-refractivity contribution in [3.8, 4) is 0 Å². The minimum absolute atomic E-state index is 0.0981. The predicted octanol–water partition coefficient (Wildman–Crippen LogP) is 2.92. The van der Waals surface area contributed by atoms with Crippen molar-refractivity contribution in [1.82, 2.24) is 0 Å². The highest BCUT2D eigenvalue weighted by atomic mass is 19.4. The Morgan fingerprint density at radius 1 is 1.16 bits per heavy atom. The molecular weight excluding hydrogens is 259 g/mol. The molecule has 3 nitrogen and oxygen atoms in total. The number of rotatable bonds is 0. The Labute approximate surface area is 107 Å². The zero-order valence-electron chi connectivity index (χ0n) is 10.7. The summed E-state index contributed by atoms with van der Waals surface area (Å²) in [6.07, 6.45) is -4.44. The monoisotopic (exact) mass is 272 g/mol. The Bertz CT molecular complexity index is 676. The van der Waals surface area contributed by atoms with Crippen LogP contribution in [0.2, 0.25) is 0 Å². The largest absolute Gasteiger partial charge is 0.416 e. The van der Waals surface area contributed by atoms with E-state index in [0.29, 0.717) is 0 Å². The van der Waals surface area contributed by atoms with Crippen LogP contribution in [0.25, 0.3) is 10.9 Å². The lowest BCUT2D eigenvalue weighted by atomic mass is 9.96. The maximum atomic E-state index is 12.6. The van der Waals surface area contributed by atoms with Gasteiger partial charge in [-0.3, -0.25) is 0 Å². The molecule has 19 heavy (non-hydrogen) atoms. The second-order valence-electron chi connectivity index (χ2n) is 5.35. The van der Waals surface area contributed by atoms with Crippen molar-refractivity contribution in [1.29, 1.82) is 0 Å². The molecule has 0 aliphatic carbocycles. The minimum Gasteiger partial charge on any atom is -0.370 e. The van der Waals surface area contributed by atoms with Gasteiger partial charge in [0.15, 0.2) is 0 Å². The molecule has 0 saturated heterocycles. The molecule has 0 spiro atoms. The number of hydrogen-bond acceptors (Lipinski definition) is 2. The van der Waals surface area contributed by atoms with Gasteiger partial charge in [0.2, 0.25) is 5.52 Å². The van der Waals surface area contributed by atoms with Crippen molar-refractivity contribution in [2.45, 2.75) is 32.4 Å². The number of fused-ring (bicyclic) bond motifs is 1. The molecule has 0 atom stereocenters. The normalized spacial score (nSPS) is 12.9. The van der Waals surface area contributed by atoms with Gasteiger partial charge < -0.3 is 4.42 Å². The van der Waals surface area contributed by atoms with Crippen LogP contribution >= 0.6 is 0 Å². The summed E-state index contributed by atoms with van der Waals surface area (Å²) in [6.45, 7) is 5.38. The third-order valence-electron chi connectivity index (χ3n) is 2.69. The second kappa shape index (κ2) is 4.08. The molecule has 0 bridgehead atoms. The fourth-order valence-corrected chi connectivity index (χ4v) is 1.64. The number of hydrogen-bond donors (Lipinski definition) is 0. The van der Waals surface area contributed by atoms with Crippen molar-refractivity contribution >= 4 is 10.9 Å². The topological polar surface area (TPSA) is 44.4 Å². The van der Waals surface area contributed by atoms with Crippen molar-refractivity contribution in [3.05, 3.63) is 40.1 Å². The van der Waals surface area contributed by atoms with Gasteiger partial charge in [-0.2, -0.15) is 18.2 Å². The Hall–Kier alpha value is -1.85. The zero-order chi connectivity index (χ0) is 14.4. The molecule has 102 valence electrons. The summed E-state index contributed by atoms with van der Waals surface area (Å²) < 4.78 is 43.0. The lowest BCUT2D eigenvalue weighted by Crippen LogP contribution is -2.28. The lowest BCUT2D eigenvalue weighted by molar-refractivity contribution is -0.388. The van der Waals surface area contributed by atoms with Crippen molar-refractivity contribution in [2.24, 2.45) is 0 Å². The van der Waals surface area contributed by atoms with E-state index in [1.54, 1.807) is 20.8 Å². The molecule has 1 aromatic carbocycles. The molecule has 0 fully saturated rings. The van der Waals surface area contributed by atoms with E-state index in [0.717, 1.165) is 18.2 Å². The summed E-state index contributed by atoms with van der Waals surface area (Å²) in [5.41, 5.74) is -1.83. The molecule has 0 aliphatic rings. The van der Waals surface area contributed by atoms with Crippen molar-refractivity contribution in [2.75, 3.05) is 0 Å². The number of nitrogens with one attached hydrogen (secondary N) is 1. The number of aromatic nitrogens is 1. The molecule has 1 heterocycles. The quantitative estimate of drug-likeness (QED) is 0.740. The highest BCUT2D eigenvalue weighted by molar-refractivity contribution is 5.74. The van der Waals surface area contributed by atoms with Crippen LogP contribution in [0.5, 0.6) is 0 Å². The molecule has 1 N–H and O–H groups in total. The molecular formula is C13H13F3NO2+. The average Bonchev–Trinajstić information content (AvgIpc) is 2.25. The van der Waals surface area contributed by atoms with Gasteiger partial charge in [-0.05, 0) is 32.9 Å². The molecule has 6 heteroatoms. The number of H-pyrrole nitrogens is 1. The fraction of sp³-hybridized carbons (Fsp3) is 0.385. The lowest BCUT2D eigenvalue weighted by Gasteiger charge is -2.10. The fourth-order valence-electron chi connectivity index (χ4n) is 1.64. The number of halogens is 3. The number of alkyl halides is 3. The molecule has 0 unspecified atom stereocenters. The smallest absolute Gasteiger partial charge is 0.370 e. The van der Waals surface area contributed by atoms with Gasteiger partial charge in [0, 0.05) is 6.07 Å². The second-order valence-corrected chi connectivity index (χ2v) is 5.35. The van der Waals surface area contributed by atoms with E-state index in [4.69, 9.17) is 4.42 Å². The summed E-state index contributed by atoms with van der Waals surface area (Å²) in [5.74, 6) is 0.240. The molecule has 0 saturated carbocycles. The van der Waals surface area contributed by atoms with E-state index in [1.165, 1.54) is 0 Å². The standard InChI is InChI=1S/C13H12F3NO2/c1-12(2,3)11-17-9-6-7(13(14,15)16)4-5-8(9)10(18)19-11/h4-6H,1-3H3/p+1. The SMILES string of the molecule is CC(C)(C)c1[nH+]c2cc(C(F)(F)F)ccc2c(=O)o1. The predicted molar refractivity (Wildman–Crippen MR) is 62.7 cm³/mol. The Kier molecular flexibility index (Phi) is 2.91. The van der Waals surface area contributed by atoms with E-state index in [1.807, 2.05) is 0 Å². The highest BCUT2D eigenvalue weighted by Gasteiger charge is 2.33. The van der Waals surface area contributed by atoms with Crippen LogP contribution in [0.1, 0.15) is 32.2 Å². The molecule has 2 rings (SSSR count). The molecule has 0 aliphatic heterocycles. The summed E-state index contributed by atoms with van der Waals surface area (Å²) in [5, 5.41) is 0.0981. The van der Waals surface area contributed by atoms with Crippen LogP contribution in [0.4, 0.5) is 13.2 Å². The van der Waals surface area contributed by atoms with Gasteiger partial charge in [0.05, 0.1) is 11.0 Å². The van der Waals surface area contributed by atoms with Crippen LogP contribution in [-0.4, -0.2) is 0 Å². The summed E-state index contributed by atoms with van der Waals surface area (Å²) >= 11 is 0. The van der Waals surface area contributed by atoms with Crippen LogP contribution in [0, 0.1) is 0 Å². The van der Waals surface area contributed by atoms with Crippen LogP contribution in [0.15, 0.2) is 27.4 Å². The van der Waals surface area contributed by atoms with E-state index in [-0.39, 0.29) is 16.8 Å². The number of benzene rings is 1. The maximum absolute atomic E-state index is 12.6. The Morgan fingerprint density at radius 2 is 1.79 bits per heavy atom. The van der Waals surface area contributed by atoms with Crippen LogP contribution < -0.4 is 10.6 Å². The third kappa shape index (κ3) is 2.62. The van der Waals surface area contributed by atoms with E-state index >= 15 is 0 Å². The summed E-state index contributed by atoms with van der Waals surface area (Å²) in [6, 6.07) is 2.90. The van der Waals surface area contributed by atoms with E-state index in [2.05, 4.69) is 4.98 Å². The van der Waals surface area contributed by atoms with Crippen molar-refractivity contribution in [3.63, 3.8) is 0 Å². The van der Waals surface area contributed by atoms with Gasteiger partial charge in [-0.25, -0.2) is 4.79 Å². The Morgan fingerprint density at radius 3 is 2.32 bits per heavy atom. The van der Waals surface area contributed by atoms with Gasteiger partial charge in [0.25, 0.3) is 0 Å². The number of aromatic amines is 1. The van der Waals surface area contributed by atoms with Crippen LogP contribution in [-0.2, 0) is 11.6 Å². The zero-order valence-corrected chi connectivity index (χ0v) is 10.7. The van der Waals surface area contributed by atoms with Gasteiger partial charge >= 0.3 is 17.7 Å². The minimum atomic E-state index is -4.44. The summed E-state index contributed by atoms with van der Waals surface area (Å²) in [7, 11) is 0. The molecule has 2 aromatic rings. The van der Waals surface area contributed by atoms with Crippen molar-refractivity contribution < 1.29 is 22.6 Å². The first kappa shape index (κ1) is 13.6. The molecule has 0 radical (unpaired) electrons. The summed E-state index contributed by atoms with van der Waals surface area (Å²) in [4.78, 5) is 14.5. The Balaban J connectivity index is 2.74.